The fourth-order valence-corrected chi connectivity index (χ4v) is 4.58. The molecule has 172 valence electrons. The number of hydrogen-bond donors (Lipinski definition) is 0. The number of aromatic nitrogens is 2. The molecule has 1 aliphatic rings. The van der Waals surface area contributed by atoms with Gasteiger partial charge in [0.2, 0.25) is 5.91 Å². The molecule has 0 N–H and O–H groups in total. The molecule has 3 aromatic rings. The minimum Gasteiger partial charge on any atom is -0.352 e. The zero-order chi connectivity index (χ0) is 23.0. The van der Waals surface area contributed by atoms with Gasteiger partial charge in [0.15, 0.2) is 0 Å². The van der Waals surface area contributed by atoms with E-state index in [-0.39, 0.29) is 11.9 Å². The molecule has 1 saturated heterocycles. The first-order valence-electron chi connectivity index (χ1n) is 11.7. The van der Waals surface area contributed by atoms with Crippen molar-refractivity contribution in [3.8, 4) is 0 Å². The maximum Gasteiger partial charge on any atom is 0.245 e. The first-order chi connectivity index (χ1) is 16.1. The van der Waals surface area contributed by atoms with Crippen molar-refractivity contribution in [1.29, 1.82) is 0 Å². The summed E-state index contributed by atoms with van der Waals surface area (Å²) in [6, 6.07) is 20.8. The Morgan fingerprint density at radius 2 is 1.52 bits per heavy atom. The number of likely N-dealkylation sites (tertiary alicyclic amines) is 1. The van der Waals surface area contributed by atoms with Gasteiger partial charge in [-0.3, -0.25) is 4.79 Å². The Kier molecular flexibility index (Phi) is 7.68. The summed E-state index contributed by atoms with van der Waals surface area (Å²) in [7, 11) is 4.24. The molecule has 0 radical (unpaired) electrons. The van der Waals surface area contributed by atoms with Crippen molar-refractivity contribution >= 4 is 11.6 Å². The number of anilines is 1. The summed E-state index contributed by atoms with van der Waals surface area (Å²) in [5.74, 6) is 0.177. The van der Waals surface area contributed by atoms with Gasteiger partial charge in [-0.25, -0.2) is 9.97 Å². The first kappa shape index (κ1) is 22.9. The molecule has 1 aromatic heterocycles. The van der Waals surface area contributed by atoms with Gasteiger partial charge in [-0.2, -0.15) is 0 Å². The quantitative estimate of drug-likeness (QED) is 0.532. The predicted octanol–water partition coefficient (Wildman–Crippen LogP) is 3.65. The molecule has 0 aliphatic carbocycles. The van der Waals surface area contributed by atoms with Crippen molar-refractivity contribution in [3.63, 3.8) is 0 Å². The predicted molar refractivity (Wildman–Crippen MR) is 132 cm³/mol. The van der Waals surface area contributed by atoms with Crippen LogP contribution in [0.3, 0.4) is 0 Å². The monoisotopic (exact) mass is 443 g/mol. The highest BCUT2D eigenvalue weighted by Crippen LogP contribution is 2.24. The molecule has 1 atom stereocenters. The van der Waals surface area contributed by atoms with Crippen LogP contribution in [0.4, 0.5) is 5.69 Å². The fourth-order valence-electron chi connectivity index (χ4n) is 4.58. The molecule has 33 heavy (non-hydrogen) atoms. The summed E-state index contributed by atoms with van der Waals surface area (Å²) in [4.78, 5) is 29.0. The third kappa shape index (κ3) is 5.96. The van der Waals surface area contributed by atoms with Crippen LogP contribution in [0.5, 0.6) is 0 Å². The van der Waals surface area contributed by atoms with E-state index in [1.807, 2.05) is 36.4 Å². The van der Waals surface area contributed by atoms with E-state index in [0.29, 0.717) is 19.0 Å². The number of piperidine rings is 1. The molecule has 6 nitrogen and oxygen atoms in total. The van der Waals surface area contributed by atoms with Gasteiger partial charge in [0.05, 0.1) is 18.1 Å². The molecule has 0 spiro atoms. The lowest BCUT2D eigenvalue weighted by atomic mass is 9.99. The number of amides is 1. The van der Waals surface area contributed by atoms with E-state index in [1.165, 1.54) is 6.33 Å². The lowest BCUT2D eigenvalue weighted by Crippen LogP contribution is -2.53. The number of carbonyl (C=O) groups is 1. The average molecular weight is 444 g/mol. The molecule has 2 heterocycles. The van der Waals surface area contributed by atoms with Crippen LogP contribution in [-0.2, 0) is 17.8 Å². The van der Waals surface area contributed by atoms with Crippen molar-refractivity contribution < 1.29 is 4.79 Å². The summed E-state index contributed by atoms with van der Waals surface area (Å²) < 4.78 is 0. The summed E-state index contributed by atoms with van der Waals surface area (Å²) in [5.41, 5.74) is 3.16. The van der Waals surface area contributed by atoms with Crippen LogP contribution in [0.2, 0.25) is 0 Å². The zero-order valence-corrected chi connectivity index (χ0v) is 19.5. The summed E-state index contributed by atoms with van der Waals surface area (Å²) in [6.45, 7) is 2.19. The van der Waals surface area contributed by atoms with Gasteiger partial charge in [0.25, 0.3) is 0 Å². The fraction of sp³-hybridized carbons (Fsp3) is 0.370. The van der Waals surface area contributed by atoms with Crippen molar-refractivity contribution in [1.82, 2.24) is 19.8 Å². The van der Waals surface area contributed by atoms with E-state index in [1.54, 1.807) is 12.4 Å². The smallest absolute Gasteiger partial charge is 0.245 e. The maximum absolute atomic E-state index is 14.0. The molecule has 6 heteroatoms. The van der Waals surface area contributed by atoms with Gasteiger partial charge in [-0.15, -0.1) is 0 Å². The van der Waals surface area contributed by atoms with Crippen LogP contribution in [0.25, 0.3) is 0 Å². The van der Waals surface area contributed by atoms with Crippen molar-refractivity contribution in [2.75, 3.05) is 32.1 Å². The normalized spacial score (nSPS) is 15.4. The first-order valence-corrected chi connectivity index (χ1v) is 11.7. The maximum atomic E-state index is 14.0. The van der Waals surface area contributed by atoms with Crippen LogP contribution in [0.15, 0.2) is 79.4 Å². The third-order valence-electron chi connectivity index (χ3n) is 6.51. The van der Waals surface area contributed by atoms with E-state index < -0.39 is 0 Å². The molecular weight excluding hydrogens is 410 g/mol. The van der Waals surface area contributed by atoms with Gasteiger partial charge in [0, 0.05) is 32.1 Å². The Hall–Kier alpha value is -3.25. The van der Waals surface area contributed by atoms with E-state index in [2.05, 4.69) is 63.0 Å². The second-order valence-corrected chi connectivity index (χ2v) is 8.94. The van der Waals surface area contributed by atoms with Crippen LogP contribution in [-0.4, -0.2) is 64.9 Å². The highest BCUT2D eigenvalue weighted by atomic mass is 16.2. The highest BCUT2D eigenvalue weighted by Gasteiger charge is 2.33. The van der Waals surface area contributed by atoms with E-state index >= 15 is 0 Å². The van der Waals surface area contributed by atoms with E-state index in [9.17, 15) is 4.79 Å². The van der Waals surface area contributed by atoms with E-state index in [0.717, 1.165) is 42.7 Å². The minimum absolute atomic E-state index is 0.177. The molecular formula is C27H33N5O. The second-order valence-electron chi connectivity index (χ2n) is 8.94. The summed E-state index contributed by atoms with van der Waals surface area (Å²) in [6.07, 6.45) is 7.78. The van der Waals surface area contributed by atoms with Gasteiger partial charge >= 0.3 is 0 Å². The molecule has 0 saturated carbocycles. The van der Waals surface area contributed by atoms with Crippen LogP contribution in [0, 0.1) is 0 Å². The third-order valence-corrected chi connectivity index (χ3v) is 6.51. The Morgan fingerprint density at radius 1 is 0.939 bits per heavy atom. The Labute approximate surface area is 196 Å². The Morgan fingerprint density at radius 3 is 2.09 bits per heavy atom. The number of benzene rings is 2. The number of carbonyl (C=O) groups excluding carboxylic acids is 1. The molecule has 2 aromatic carbocycles. The number of rotatable bonds is 8. The highest BCUT2D eigenvalue weighted by molar-refractivity contribution is 5.85. The molecule has 1 aliphatic heterocycles. The lowest BCUT2D eigenvalue weighted by molar-refractivity contribution is -0.134. The van der Waals surface area contributed by atoms with Crippen LogP contribution in [0.1, 0.15) is 24.0 Å². The van der Waals surface area contributed by atoms with Crippen molar-refractivity contribution in [2.24, 2.45) is 0 Å². The van der Waals surface area contributed by atoms with Gasteiger partial charge < -0.3 is 14.7 Å². The van der Waals surface area contributed by atoms with Crippen molar-refractivity contribution in [2.45, 2.75) is 37.9 Å². The Balaban J connectivity index is 1.65. The lowest BCUT2D eigenvalue weighted by Gasteiger charge is -2.40. The molecule has 1 fully saturated rings. The number of nitrogens with zero attached hydrogens (tertiary/aromatic N) is 5. The van der Waals surface area contributed by atoms with E-state index in [4.69, 9.17) is 0 Å². The molecule has 4 rings (SSSR count). The summed E-state index contributed by atoms with van der Waals surface area (Å²) in [5, 5.41) is 0. The SMILES string of the molecule is CN(C)C1CCN(C(=O)C(Cc2ccccc2)N(Cc2ccccc2)c2cncnc2)CC1. The number of hydrogen-bond acceptors (Lipinski definition) is 5. The minimum atomic E-state index is -0.338. The van der Waals surface area contributed by atoms with Crippen molar-refractivity contribution in [3.05, 3.63) is 90.5 Å². The molecule has 1 amide bonds. The second kappa shape index (κ2) is 11.1. The molecule has 1 unspecified atom stereocenters. The topological polar surface area (TPSA) is 52.6 Å². The van der Waals surface area contributed by atoms with Gasteiger partial charge in [-0.05, 0) is 38.1 Å². The van der Waals surface area contributed by atoms with Gasteiger partial charge in [-0.1, -0.05) is 60.7 Å². The van der Waals surface area contributed by atoms with Gasteiger partial charge in [0.1, 0.15) is 12.4 Å². The Bertz CT molecular complexity index is 989. The van der Waals surface area contributed by atoms with Crippen LogP contribution >= 0.6 is 0 Å². The largest absolute Gasteiger partial charge is 0.352 e. The molecule has 0 bridgehead atoms. The summed E-state index contributed by atoms with van der Waals surface area (Å²) >= 11 is 0. The standard InChI is InChI=1S/C27H33N5O/c1-30(2)24-13-15-31(16-14-24)27(33)26(17-22-9-5-3-6-10-22)32(25-18-28-21-29-19-25)20-23-11-7-4-8-12-23/h3-12,18-19,21,24,26H,13-17,20H2,1-2H3. The van der Waals surface area contributed by atoms with Crippen LogP contribution < -0.4 is 4.90 Å². The zero-order valence-electron chi connectivity index (χ0n) is 19.5. The average Bonchev–Trinajstić information content (AvgIpc) is 2.87.